The van der Waals surface area contributed by atoms with Crippen molar-refractivity contribution < 1.29 is 4.52 Å². The summed E-state index contributed by atoms with van der Waals surface area (Å²) < 4.78 is 8.73. The molecule has 3 nitrogen and oxygen atoms in total. The highest BCUT2D eigenvalue weighted by molar-refractivity contribution is 7.50. The highest BCUT2D eigenvalue weighted by Gasteiger charge is 2.35. The monoisotopic (exact) mass is 300 g/mol. The maximum absolute atomic E-state index is 8.76. The van der Waals surface area contributed by atoms with Gasteiger partial charge in [0.2, 0.25) is 0 Å². The first-order valence-electron chi connectivity index (χ1n) is 7.81. The third-order valence-corrected chi connectivity index (χ3v) is 6.87. The Kier molecular flexibility index (Phi) is 9.64. The average Bonchev–Trinajstić information content (AvgIpc) is 2.26. The van der Waals surface area contributed by atoms with Gasteiger partial charge in [0, 0.05) is 17.7 Å². The molecular weight excluding hydrogens is 267 g/mol. The molecule has 0 heterocycles. The molecule has 4 heteroatoms. The van der Waals surface area contributed by atoms with Gasteiger partial charge in [0.1, 0.15) is 8.30 Å². The summed E-state index contributed by atoms with van der Waals surface area (Å²) in [7, 11) is -0.675. The lowest BCUT2D eigenvalue weighted by atomic mass is 10.00. The van der Waals surface area contributed by atoms with Gasteiger partial charge in [0.15, 0.2) is 0 Å². The van der Waals surface area contributed by atoms with Gasteiger partial charge in [-0.05, 0) is 39.5 Å². The largest absolute Gasteiger partial charge is 0.342 e. The molecule has 0 aliphatic heterocycles. The van der Waals surface area contributed by atoms with Crippen LogP contribution in [0.5, 0.6) is 0 Å². The average molecular weight is 300 g/mol. The Morgan fingerprint density at radius 1 is 0.950 bits per heavy atom. The number of rotatable bonds is 9. The second kappa shape index (κ2) is 9.72. The minimum Gasteiger partial charge on any atom is -0.342 e. The summed E-state index contributed by atoms with van der Waals surface area (Å²) in [6.07, 6.45) is 0.478. The molecule has 0 bridgehead atoms. The van der Waals surface area contributed by atoms with Crippen LogP contribution in [0.3, 0.4) is 0 Å². The zero-order valence-electron chi connectivity index (χ0n) is 14.6. The van der Waals surface area contributed by atoms with Crippen molar-refractivity contribution in [2.45, 2.75) is 79.6 Å². The lowest BCUT2D eigenvalue weighted by Crippen LogP contribution is -2.38. The van der Waals surface area contributed by atoms with E-state index in [-0.39, 0.29) is 0 Å². The van der Waals surface area contributed by atoms with Crippen molar-refractivity contribution in [1.29, 1.82) is 5.26 Å². The Bertz CT molecular complexity index is 261. The van der Waals surface area contributed by atoms with Crippen molar-refractivity contribution >= 4 is 8.30 Å². The Morgan fingerprint density at radius 3 is 1.70 bits per heavy atom. The lowest BCUT2D eigenvalue weighted by molar-refractivity contribution is 0.239. The van der Waals surface area contributed by atoms with Crippen LogP contribution in [0, 0.1) is 23.2 Å². The number of nitriles is 1. The zero-order chi connectivity index (χ0) is 15.9. The van der Waals surface area contributed by atoms with Gasteiger partial charge in [-0.1, -0.05) is 27.7 Å². The molecule has 0 aromatic rings. The van der Waals surface area contributed by atoms with Crippen LogP contribution in [0.15, 0.2) is 0 Å². The molecule has 0 aliphatic carbocycles. The molecule has 1 unspecified atom stereocenters. The molecular formula is C16H33N2OP. The first-order chi connectivity index (χ1) is 9.23. The van der Waals surface area contributed by atoms with Gasteiger partial charge in [0.25, 0.3) is 0 Å². The fourth-order valence-corrected chi connectivity index (χ4v) is 5.65. The summed E-state index contributed by atoms with van der Waals surface area (Å²) in [6.45, 7) is 18.6. The molecule has 1 atom stereocenters. The third kappa shape index (κ3) is 6.08. The van der Waals surface area contributed by atoms with Gasteiger partial charge < -0.3 is 4.52 Å². The zero-order valence-corrected chi connectivity index (χ0v) is 15.4. The Morgan fingerprint density at radius 2 is 1.40 bits per heavy atom. The fraction of sp³-hybridized carbons (Fsp3) is 0.938. The van der Waals surface area contributed by atoms with Crippen molar-refractivity contribution in [2.75, 3.05) is 6.61 Å². The first kappa shape index (κ1) is 19.8. The van der Waals surface area contributed by atoms with Crippen molar-refractivity contribution in [3.05, 3.63) is 0 Å². The molecule has 0 N–H and O–H groups in total. The van der Waals surface area contributed by atoms with Gasteiger partial charge in [0.05, 0.1) is 19.1 Å². The highest BCUT2D eigenvalue weighted by atomic mass is 31.2. The van der Waals surface area contributed by atoms with Crippen LogP contribution in [0.2, 0.25) is 0 Å². The molecule has 0 aromatic heterocycles. The van der Waals surface area contributed by atoms with E-state index in [1.165, 1.54) is 0 Å². The Hall–Kier alpha value is -0.160. The number of hydrogen-bond acceptors (Lipinski definition) is 3. The number of nitrogens with zero attached hydrogens (tertiary/aromatic N) is 2. The minimum absolute atomic E-state index is 0.461. The van der Waals surface area contributed by atoms with Gasteiger partial charge in [-0.3, -0.25) is 4.67 Å². The van der Waals surface area contributed by atoms with Gasteiger partial charge >= 0.3 is 0 Å². The predicted octanol–water partition coefficient (Wildman–Crippen LogP) is 5.03. The summed E-state index contributed by atoms with van der Waals surface area (Å²) in [5.41, 5.74) is 0.536. The second-order valence-electron chi connectivity index (χ2n) is 6.59. The summed E-state index contributed by atoms with van der Waals surface area (Å²) >= 11 is 0. The van der Waals surface area contributed by atoms with E-state index in [0.717, 1.165) is 0 Å². The van der Waals surface area contributed by atoms with E-state index in [1.54, 1.807) is 0 Å². The second-order valence-corrected chi connectivity index (χ2v) is 8.51. The van der Waals surface area contributed by atoms with Crippen molar-refractivity contribution in [2.24, 2.45) is 11.8 Å². The van der Waals surface area contributed by atoms with E-state index in [1.807, 2.05) is 0 Å². The Balaban J connectivity index is 5.26. The molecule has 20 heavy (non-hydrogen) atoms. The van der Waals surface area contributed by atoms with Crippen molar-refractivity contribution in [1.82, 2.24) is 4.67 Å². The number of hydrogen-bond donors (Lipinski definition) is 0. The Labute approximate surface area is 127 Å². The SMILES string of the molecule is CC(C)C(C(C)C)P(OCCC#N)N(C(C)C)C(C)C. The molecule has 0 aliphatic rings. The van der Waals surface area contributed by atoms with Crippen LogP contribution in [-0.2, 0) is 4.52 Å². The molecule has 0 saturated carbocycles. The smallest absolute Gasteiger partial charge is 0.108 e. The van der Waals surface area contributed by atoms with Crippen molar-refractivity contribution in [3.63, 3.8) is 0 Å². The third-order valence-electron chi connectivity index (χ3n) is 3.34. The maximum Gasteiger partial charge on any atom is 0.108 e. The summed E-state index contributed by atoms with van der Waals surface area (Å²) in [5, 5.41) is 8.76. The van der Waals surface area contributed by atoms with Crippen LogP contribution in [-0.4, -0.2) is 29.0 Å². The van der Waals surface area contributed by atoms with Gasteiger partial charge in [-0.25, -0.2) is 0 Å². The molecule has 0 aromatic carbocycles. The molecule has 0 saturated heterocycles. The van der Waals surface area contributed by atoms with Crippen LogP contribution in [0.4, 0.5) is 0 Å². The van der Waals surface area contributed by atoms with Crippen LogP contribution in [0.1, 0.15) is 61.8 Å². The van der Waals surface area contributed by atoms with Crippen molar-refractivity contribution in [3.8, 4) is 6.07 Å². The van der Waals surface area contributed by atoms with E-state index in [2.05, 4.69) is 66.1 Å². The van der Waals surface area contributed by atoms with Gasteiger partial charge in [-0.15, -0.1) is 0 Å². The fourth-order valence-electron chi connectivity index (χ4n) is 2.82. The summed E-state index contributed by atoms with van der Waals surface area (Å²) in [5.74, 6) is 1.17. The van der Waals surface area contributed by atoms with E-state index in [0.29, 0.717) is 42.6 Å². The molecule has 0 spiro atoms. The molecule has 0 amide bonds. The van der Waals surface area contributed by atoms with E-state index >= 15 is 0 Å². The molecule has 118 valence electrons. The summed E-state index contributed by atoms with van der Waals surface area (Å²) in [4.78, 5) is 0. The quantitative estimate of drug-likeness (QED) is 0.442. The topological polar surface area (TPSA) is 36.3 Å². The predicted molar refractivity (Wildman–Crippen MR) is 88.7 cm³/mol. The van der Waals surface area contributed by atoms with Crippen LogP contribution in [0.25, 0.3) is 0 Å². The van der Waals surface area contributed by atoms with Crippen LogP contribution < -0.4 is 0 Å². The van der Waals surface area contributed by atoms with E-state index in [9.17, 15) is 0 Å². The molecule has 0 rings (SSSR count). The first-order valence-corrected chi connectivity index (χ1v) is 9.09. The molecule has 0 radical (unpaired) electrons. The standard InChI is InChI=1S/C16H33N2OP/c1-12(2)16(13(3)4)20(19-11-9-10-17)18(14(5)6)15(7)8/h12-16H,9,11H2,1-8H3. The summed E-state index contributed by atoms with van der Waals surface area (Å²) in [6, 6.07) is 3.11. The molecule has 0 fully saturated rings. The maximum atomic E-state index is 8.76. The van der Waals surface area contributed by atoms with Gasteiger partial charge in [-0.2, -0.15) is 5.26 Å². The van der Waals surface area contributed by atoms with E-state index < -0.39 is 8.30 Å². The minimum atomic E-state index is -0.675. The van der Waals surface area contributed by atoms with Crippen LogP contribution >= 0.6 is 8.30 Å². The normalized spacial score (nSPS) is 14.1. The van der Waals surface area contributed by atoms with E-state index in [4.69, 9.17) is 9.79 Å². The highest BCUT2D eigenvalue weighted by Crippen LogP contribution is 2.54. The lowest BCUT2D eigenvalue weighted by Gasteiger charge is -2.43.